The van der Waals surface area contributed by atoms with Crippen LogP contribution in [0, 0.1) is 0 Å². The molecule has 6 nitrogen and oxygen atoms in total. The third-order valence-corrected chi connectivity index (χ3v) is 3.25. The minimum atomic E-state index is -0.390. The van der Waals surface area contributed by atoms with E-state index in [0.29, 0.717) is 18.3 Å². The van der Waals surface area contributed by atoms with Crippen molar-refractivity contribution in [1.82, 2.24) is 15.5 Å². The molecule has 0 atom stereocenters. The van der Waals surface area contributed by atoms with E-state index in [1.165, 1.54) is 0 Å². The van der Waals surface area contributed by atoms with Crippen molar-refractivity contribution in [2.24, 2.45) is 0 Å². The zero-order chi connectivity index (χ0) is 13.7. The number of halogens is 1. The Hall–Kier alpha value is -1.28. The highest BCUT2D eigenvalue weighted by Crippen LogP contribution is 2.26. The van der Waals surface area contributed by atoms with Gasteiger partial charge in [0.1, 0.15) is 0 Å². The van der Waals surface area contributed by atoms with Gasteiger partial charge in [0.25, 0.3) is 0 Å². The standard InChI is InChI=1S/C12H14BrN3O3/c13-10-4-2-1-3-9(10)12-16-15-11(19-12)5-14-8(6-17)7-18/h1-4,8,14,17-18H,5-7H2. The van der Waals surface area contributed by atoms with Gasteiger partial charge in [0, 0.05) is 4.47 Å². The molecule has 0 aliphatic rings. The van der Waals surface area contributed by atoms with Gasteiger partial charge >= 0.3 is 0 Å². The second kappa shape index (κ2) is 6.76. The van der Waals surface area contributed by atoms with Crippen LogP contribution in [0.25, 0.3) is 11.5 Å². The lowest BCUT2D eigenvalue weighted by atomic mass is 10.2. The molecule has 1 heterocycles. The highest BCUT2D eigenvalue weighted by atomic mass is 79.9. The van der Waals surface area contributed by atoms with Gasteiger partial charge in [0.05, 0.1) is 31.4 Å². The molecule has 0 saturated carbocycles. The van der Waals surface area contributed by atoms with Gasteiger partial charge in [-0.05, 0) is 28.1 Å². The van der Waals surface area contributed by atoms with Gasteiger partial charge in [-0.3, -0.25) is 0 Å². The van der Waals surface area contributed by atoms with Crippen molar-refractivity contribution < 1.29 is 14.6 Å². The third-order valence-electron chi connectivity index (χ3n) is 2.55. The van der Waals surface area contributed by atoms with Crippen LogP contribution in [0.2, 0.25) is 0 Å². The maximum atomic E-state index is 8.93. The molecule has 1 aromatic heterocycles. The lowest BCUT2D eigenvalue weighted by molar-refractivity contribution is 0.168. The smallest absolute Gasteiger partial charge is 0.248 e. The van der Waals surface area contributed by atoms with Crippen LogP contribution in [0.1, 0.15) is 5.89 Å². The van der Waals surface area contributed by atoms with Crippen LogP contribution in [0.3, 0.4) is 0 Å². The Balaban J connectivity index is 2.05. The fraction of sp³-hybridized carbons (Fsp3) is 0.333. The predicted octanol–water partition coefficient (Wildman–Crippen LogP) is 0.942. The topological polar surface area (TPSA) is 91.4 Å². The molecule has 0 unspecified atom stereocenters. The van der Waals surface area contributed by atoms with Gasteiger partial charge in [0.2, 0.25) is 11.8 Å². The molecule has 7 heteroatoms. The molecule has 19 heavy (non-hydrogen) atoms. The van der Waals surface area contributed by atoms with Crippen LogP contribution < -0.4 is 5.32 Å². The molecule has 2 aromatic rings. The molecular weight excluding hydrogens is 314 g/mol. The van der Waals surface area contributed by atoms with E-state index in [1.54, 1.807) is 0 Å². The summed E-state index contributed by atoms with van der Waals surface area (Å²) >= 11 is 3.42. The Labute approximate surface area is 118 Å². The van der Waals surface area contributed by atoms with Crippen LogP contribution in [0.4, 0.5) is 0 Å². The van der Waals surface area contributed by atoms with Crippen molar-refractivity contribution >= 4 is 15.9 Å². The molecule has 2 rings (SSSR count). The average Bonchev–Trinajstić information content (AvgIpc) is 2.89. The normalized spacial score (nSPS) is 11.2. The highest BCUT2D eigenvalue weighted by Gasteiger charge is 2.12. The molecule has 0 aliphatic carbocycles. The van der Waals surface area contributed by atoms with Gasteiger partial charge in [-0.25, -0.2) is 0 Å². The summed E-state index contributed by atoms with van der Waals surface area (Å²) in [6, 6.07) is 7.16. The fourth-order valence-electron chi connectivity index (χ4n) is 1.49. The lowest BCUT2D eigenvalue weighted by Gasteiger charge is -2.10. The van der Waals surface area contributed by atoms with E-state index in [-0.39, 0.29) is 19.3 Å². The van der Waals surface area contributed by atoms with Crippen LogP contribution >= 0.6 is 15.9 Å². The van der Waals surface area contributed by atoms with Gasteiger partial charge in [-0.2, -0.15) is 0 Å². The highest BCUT2D eigenvalue weighted by molar-refractivity contribution is 9.10. The molecule has 0 aliphatic heterocycles. The first-order valence-corrected chi connectivity index (χ1v) is 6.56. The molecule has 0 amide bonds. The van der Waals surface area contributed by atoms with Gasteiger partial charge < -0.3 is 19.9 Å². The first-order valence-electron chi connectivity index (χ1n) is 5.77. The van der Waals surface area contributed by atoms with Gasteiger partial charge in [0.15, 0.2) is 0 Å². The fourth-order valence-corrected chi connectivity index (χ4v) is 1.94. The Bertz CT molecular complexity index is 528. The summed E-state index contributed by atoms with van der Waals surface area (Å²) in [4.78, 5) is 0. The molecule has 102 valence electrons. The number of nitrogens with one attached hydrogen (secondary N) is 1. The summed E-state index contributed by atoms with van der Waals surface area (Å²) in [5.41, 5.74) is 0.821. The number of rotatable bonds is 6. The first-order chi connectivity index (χ1) is 9.24. The van der Waals surface area contributed by atoms with E-state index < -0.39 is 0 Å². The Morgan fingerprint density at radius 1 is 1.21 bits per heavy atom. The van der Waals surface area contributed by atoms with E-state index in [9.17, 15) is 0 Å². The van der Waals surface area contributed by atoms with E-state index in [2.05, 4.69) is 31.4 Å². The number of aliphatic hydroxyl groups is 2. The first kappa shape index (κ1) is 14.1. The van der Waals surface area contributed by atoms with Crippen molar-refractivity contribution in [3.05, 3.63) is 34.6 Å². The summed E-state index contributed by atoms with van der Waals surface area (Å²) < 4.78 is 6.39. The van der Waals surface area contributed by atoms with Crippen molar-refractivity contribution in [2.75, 3.05) is 13.2 Å². The molecule has 0 bridgehead atoms. The molecule has 0 fully saturated rings. The second-order valence-corrected chi connectivity index (χ2v) is 4.78. The monoisotopic (exact) mass is 327 g/mol. The maximum absolute atomic E-state index is 8.93. The minimum absolute atomic E-state index is 0.151. The molecule has 0 radical (unpaired) electrons. The van der Waals surface area contributed by atoms with E-state index in [4.69, 9.17) is 14.6 Å². The number of hydrogen-bond acceptors (Lipinski definition) is 6. The largest absolute Gasteiger partial charge is 0.419 e. The summed E-state index contributed by atoms with van der Waals surface area (Å²) in [6.45, 7) is -0.00725. The molecule has 3 N–H and O–H groups in total. The number of benzene rings is 1. The molecular formula is C12H14BrN3O3. The molecule has 0 spiro atoms. The van der Waals surface area contributed by atoms with Crippen LogP contribution in [0.5, 0.6) is 0 Å². The van der Waals surface area contributed by atoms with Crippen LogP contribution in [0.15, 0.2) is 33.2 Å². The number of aromatic nitrogens is 2. The SMILES string of the molecule is OCC(CO)NCc1nnc(-c2ccccc2Br)o1. The third kappa shape index (κ3) is 3.60. The van der Waals surface area contributed by atoms with Crippen molar-refractivity contribution in [3.63, 3.8) is 0 Å². The Kier molecular flexibility index (Phi) is 5.03. The number of nitrogens with zero attached hydrogens (tertiary/aromatic N) is 2. The Morgan fingerprint density at radius 3 is 2.63 bits per heavy atom. The summed E-state index contributed by atoms with van der Waals surface area (Å²) in [5, 5.41) is 28.6. The van der Waals surface area contributed by atoms with Crippen LogP contribution in [-0.2, 0) is 6.54 Å². The maximum Gasteiger partial charge on any atom is 0.248 e. The van der Waals surface area contributed by atoms with Gasteiger partial charge in [-0.15, -0.1) is 10.2 Å². The summed E-state index contributed by atoms with van der Waals surface area (Å²) in [7, 11) is 0. The van der Waals surface area contributed by atoms with E-state index in [0.717, 1.165) is 10.0 Å². The summed E-state index contributed by atoms with van der Waals surface area (Å²) in [6.07, 6.45) is 0. The predicted molar refractivity (Wildman–Crippen MR) is 72.2 cm³/mol. The van der Waals surface area contributed by atoms with Crippen LogP contribution in [-0.4, -0.2) is 39.7 Å². The zero-order valence-corrected chi connectivity index (χ0v) is 11.7. The van der Waals surface area contributed by atoms with E-state index in [1.807, 2.05) is 24.3 Å². The lowest BCUT2D eigenvalue weighted by Crippen LogP contribution is -2.35. The number of aliphatic hydroxyl groups excluding tert-OH is 2. The Morgan fingerprint density at radius 2 is 1.95 bits per heavy atom. The zero-order valence-electron chi connectivity index (χ0n) is 10.1. The number of hydrogen-bond donors (Lipinski definition) is 3. The molecule has 0 saturated heterocycles. The average molecular weight is 328 g/mol. The second-order valence-electron chi connectivity index (χ2n) is 3.92. The quantitative estimate of drug-likeness (QED) is 0.731. The van der Waals surface area contributed by atoms with Crippen molar-refractivity contribution in [1.29, 1.82) is 0 Å². The van der Waals surface area contributed by atoms with Crippen molar-refractivity contribution in [3.8, 4) is 11.5 Å². The van der Waals surface area contributed by atoms with Gasteiger partial charge in [-0.1, -0.05) is 12.1 Å². The molecule has 1 aromatic carbocycles. The minimum Gasteiger partial charge on any atom is -0.419 e. The van der Waals surface area contributed by atoms with Crippen molar-refractivity contribution in [2.45, 2.75) is 12.6 Å². The summed E-state index contributed by atoms with van der Waals surface area (Å²) in [5.74, 6) is 0.825. The van der Waals surface area contributed by atoms with E-state index >= 15 is 0 Å².